The average molecular weight is 730 g/mol. The Balaban J connectivity index is 1.10. The van der Waals surface area contributed by atoms with Crippen LogP contribution in [0.3, 0.4) is 0 Å². The lowest BCUT2D eigenvalue weighted by Crippen LogP contribution is -2.49. The van der Waals surface area contributed by atoms with Crippen LogP contribution >= 0.6 is 0 Å². The molecule has 14 heteroatoms. The molecule has 0 radical (unpaired) electrons. The lowest BCUT2D eigenvalue weighted by Gasteiger charge is -2.35. The van der Waals surface area contributed by atoms with E-state index in [1.807, 2.05) is 53.4 Å². The lowest BCUT2D eigenvalue weighted by atomic mass is 9.92. The van der Waals surface area contributed by atoms with Crippen LogP contribution in [0.25, 0.3) is 38.7 Å². The van der Waals surface area contributed by atoms with Crippen molar-refractivity contribution in [2.75, 3.05) is 51.3 Å². The minimum Gasteiger partial charge on any atom is -0.493 e. The van der Waals surface area contributed by atoms with E-state index in [4.69, 9.17) is 4.74 Å². The van der Waals surface area contributed by atoms with Crippen molar-refractivity contribution in [2.24, 2.45) is 0 Å². The van der Waals surface area contributed by atoms with Gasteiger partial charge in [0.1, 0.15) is 11.5 Å². The second kappa shape index (κ2) is 14.9. The van der Waals surface area contributed by atoms with Crippen LogP contribution in [-0.4, -0.2) is 97.9 Å². The quantitative estimate of drug-likeness (QED) is 0.197. The average Bonchev–Trinajstić information content (AvgIpc) is 3.92. The molecule has 8 rings (SSSR count). The molecule has 1 fully saturated rings. The van der Waals surface area contributed by atoms with Gasteiger partial charge in [-0.1, -0.05) is 41.6 Å². The van der Waals surface area contributed by atoms with Crippen molar-refractivity contribution in [3.8, 4) is 28.0 Å². The van der Waals surface area contributed by atoms with E-state index in [2.05, 4.69) is 25.3 Å². The number of aromatic amines is 1. The van der Waals surface area contributed by atoms with Gasteiger partial charge in [0.25, 0.3) is 5.91 Å². The van der Waals surface area contributed by atoms with Gasteiger partial charge in [-0.25, -0.2) is 13.8 Å². The molecule has 2 aliphatic heterocycles. The molecule has 0 aliphatic carbocycles. The number of pyridine rings is 2. The van der Waals surface area contributed by atoms with Gasteiger partial charge in [-0.2, -0.15) is 0 Å². The van der Waals surface area contributed by atoms with Crippen LogP contribution in [0.15, 0.2) is 91.7 Å². The van der Waals surface area contributed by atoms with E-state index < -0.39 is 11.6 Å². The Bertz CT molecular complexity index is 2340. The monoisotopic (exact) mass is 729 g/mol. The largest absolute Gasteiger partial charge is 0.493 e. The van der Waals surface area contributed by atoms with E-state index >= 15 is 4.39 Å². The smallest absolute Gasteiger partial charge is 0.270 e. The van der Waals surface area contributed by atoms with Gasteiger partial charge in [0.15, 0.2) is 17.4 Å². The lowest BCUT2D eigenvalue weighted by molar-refractivity contribution is -0.131. The number of H-pyrrole nitrogens is 1. The van der Waals surface area contributed by atoms with Crippen LogP contribution in [0.1, 0.15) is 28.9 Å². The Kier molecular flexibility index (Phi) is 9.55. The number of aromatic nitrogens is 6. The first-order chi connectivity index (χ1) is 26.4. The SMILES string of the molecule is COc1cc(F)cnc1N1CCN(C(=O)c2cc3c(-c4ccc(-c5cccnc5)cc4)cc(C4=CCCN(C(=O)CCn5ccnn5)C4)c(F)c3[nH]2)CC1. The highest BCUT2D eigenvalue weighted by atomic mass is 19.1. The molecular weight excluding hydrogens is 692 g/mol. The number of nitrogens with zero attached hydrogens (tertiary/aromatic N) is 8. The highest BCUT2D eigenvalue weighted by molar-refractivity contribution is 6.05. The van der Waals surface area contributed by atoms with Gasteiger partial charge >= 0.3 is 0 Å². The summed E-state index contributed by atoms with van der Waals surface area (Å²) < 4.78 is 37.5. The van der Waals surface area contributed by atoms with Crippen molar-refractivity contribution in [3.05, 3.63) is 115 Å². The number of nitrogens with one attached hydrogen (secondary N) is 1. The number of benzene rings is 2. The van der Waals surface area contributed by atoms with E-state index in [1.165, 1.54) is 13.2 Å². The third-order valence-corrected chi connectivity index (χ3v) is 10.0. The van der Waals surface area contributed by atoms with E-state index in [9.17, 15) is 14.0 Å². The number of anilines is 1. The summed E-state index contributed by atoms with van der Waals surface area (Å²) >= 11 is 0. The van der Waals surface area contributed by atoms with Gasteiger partial charge in [-0.15, -0.1) is 5.10 Å². The molecular formula is C40H37F2N9O3. The summed E-state index contributed by atoms with van der Waals surface area (Å²) in [5.74, 6) is -0.451. The summed E-state index contributed by atoms with van der Waals surface area (Å²) in [6.45, 7) is 2.85. The molecule has 2 amide bonds. The zero-order chi connectivity index (χ0) is 37.2. The predicted octanol–water partition coefficient (Wildman–Crippen LogP) is 5.84. The maximum absolute atomic E-state index is 16.8. The van der Waals surface area contributed by atoms with Crippen LogP contribution in [0, 0.1) is 11.6 Å². The first-order valence-corrected chi connectivity index (χ1v) is 17.8. The Hall–Kier alpha value is -6.44. The Morgan fingerprint density at radius 3 is 2.44 bits per heavy atom. The summed E-state index contributed by atoms with van der Waals surface area (Å²) in [4.78, 5) is 44.2. The fraction of sp³-hybridized carbons (Fsp3) is 0.250. The molecule has 0 atom stereocenters. The number of carbonyl (C=O) groups is 2. The molecule has 274 valence electrons. The summed E-state index contributed by atoms with van der Waals surface area (Å²) in [5.41, 5.74) is 5.11. The second-order valence-electron chi connectivity index (χ2n) is 13.3. The summed E-state index contributed by atoms with van der Waals surface area (Å²) in [5, 5.41) is 8.32. The molecule has 0 spiro atoms. The number of piperazine rings is 1. The normalized spacial score (nSPS) is 14.7. The third kappa shape index (κ3) is 6.89. The minimum atomic E-state index is -0.493. The first kappa shape index (κ1) is 34.6. The van der Waals surface area contributed by atoms with Crippen molar-refractivity contribution in [2.45, 2.75) is 19.4 Å². The predicted molar refractivity (Wildman–Crippen MR) is 200 cm³/mol. The highest BCUT2D eigenvalue weighted by Crippen LogP contribution is 2.38. The van der Waals surface area contributed by atoms with Gasteiger partial charge in [0.05, 0.1) is 31.6 Å². The standard InChI is InChI=1S/C40H37F2N9O3/c1-54-35-20-30(41)24-44-39(35)48-16-18-49(19-17-48)40(53)34-22-33-31(27-8-6-26(7-9-27)28-4-2-11-43-23-28)21-32(37(42)38(33)46-34)29-5-3-13-50(25-29)36(52)10-14-51-15-12-45-47-51/h2,4-9,11-12,15,20-24,46H,3,10,13-14,16-19,25H2,1H3. The Labute approximate surface area is 309 Å². The van der Waals surface area contributed by atoms with Crippen LogP contribution in [0.4, 0.5) is 14.6 Å². The number of hydrogen-bond acceptors (Lipinski definition) is 8. The summed E-state index contributed by atoms with van der Waals surface area (Å²) in [7, 11) is 1.46. The Morgan fingerprint density at radius 1 is 0.889 bits per heavy atom. The van der Waals surface area contributed by atoms with Gasteiger partial charge < -0.3 is 24.4 Å². The third-order valence-electron chi connectivity index (χ3n) is 10.0. The zero-order valence-corrected chi connectivity index (χ0v) is 29.6. The van der Waals surface area contributed by atoms with Crippen molar-refractivity contribution in [1.82, 2.24) is 39.7 Å². The molecule has 54 heavy (non-hydrogen) atoms. The Morgan fingerprint density at radius 2 is 1.70 bits per heavy atom. The molecule has 2 aliphatic rings. The topological polar surface area (TPSA) is 125 Å². The molecule has 6 heterocycles. The molecule has 0 unspecified atom stereocenters. The fourth-order valence-corrected chi connectivity index (χ4v) is 7.19. The van der Waals surface area contributed by atoms with Gasteiger partial charge in [-0.3, -0.25) is 19.3 Å². The van der Waals surface area contributed by atoms with Crippen molar-refractivity contribution < 1.29 is 23.1 Å². The van der Waals surface area contributed by atoms with Crippen LogP contribution < -0.4 is 9.64 Å². The number of hydrogen-bond donors (Lipinski definition) is 1. The van der Waals surface area contributed by atoms with Crippen molar-refractivity contribution in [1.29, 1.82) is 0 Å². The molecule has 12 nitrogen and oxygen atoms in total. The van der Waals surface area contributed by atoms with Crippen molar-refractivity contribution >= 4 is 34.1 Å². The number of rotatable bonds is 9. The molecule has 0 bridgehead atoms. The zero-order valence-electron chi connectivity index (χ0n) is 29.6. The molecule has 1 saturated heterocycles. The van der Waals surface area contributed by atoms with E-state index in [-0.39, 0.29) is 36.0 Å². The second-order valence-corrected chi connectivity index (χ2v) is 13.3. The number of carbonyl (C=O) groups excluding carboxylic acids is 2. The molecule has 6 aromatic rings. The maximum Gasteiger partial charge on any atom is 0.270 e. The van der Waals surface area contributed by atoms with Crippen molar-refractivity contribution in [3.63, 3.8) is 0 Å². The van der Waals surface area contributed by atoms with E-state index in [0.29, 0.717) is 73.8 Å². The van der Waals surface area contributed by atoms with Gasteiger partial charge in [-0.05, 0) is 52.4 Å². The maximum atomic E-state index is 16.8. The summed E-state index contributed by atoms with van der Waals surface area (Å²) in [6.07, 6.45) is 10.8. The number of aryl methyl sites for hydroxylation is 1. The first-order valence-electron chi connectivity index (χ1n) is 17.8. The fourth-order valence-electron chi connectivity index (χ4n) is 7.19. The number of ether oxygens (including phenoxy) is 1. The van der Waals surface area contributed by atoms with Crippen LogP contribution in [0.2, 0.25) is 0 Å². The molecule has 0 saturated carbocycles. The number of halogens is 2. The molecule has 2 aromatic carbocycles. The van der Waals surface area contributed by atoms with Crippen LogP contribution in [-0.2, 0) is 11.3 Å². The number of methoxy groups -OCH3 is 1. The minimum absolute atomic E-state index is 0.0506. The molecule has 1 N–H and O–H groups in total. The van der Waals surface area contributed by atoms with E-state index in [1.54, 1.807) is 45.3 Å². The molecule has 4 aromatic heterocycles. The van der Waals surface area contributed by atoms with Gasteiger partial charge in [0.2, 0.25) is 5.91 Å². The van der Waals surface area contributed by atoms with E-state index in [0.717, 1.165) is 28.5 Å². The number of fused-ring (bicyclic) bond motifs is 1. The summed E-state index contributed by atoms with van der Waals surface area (Å²) in [6, 6.07) is 16.7. The highest BCUT2D eigenvalue weighted by Gasteiger charge is 2.28. The van der Waals surface area contributed by atoms with Gasteiger partial charge in [0, 0.05) is 81.3 Å². The number of amides is 2. The van der Waals surface area contributed by atoms with Crippen LogP contribution in [0.5, 0.6) is 5.75 Å².